The van der Waals surface area contributed by atoms with Gasteiger partial charge in [0.25, 0.3) is 5.91 Å². The van der Waals surface area contributed by atoms with Gasteiger partial charge in [-0.15, -0.1) is 11.3 Å². The van der Waals surface area contributed by atoms with Crippen LogP contribution in [-0.2, 0) is 6.54 Å². The average molecular weight is 416 g/mol. The number of hydrogen-bond donors (Lipinski definition) is 2. The lowest BCUT2D eigenvalue weighted by molar-refractivity contribution is 0.0951. The number of carbonyl (C=O) groups is 1. The molecule has 1 aromatic heterocycles. The van der Waals surface area contributed by atoms with Crippen LogP contribution in [0.5, 0.6) is 0 Å². The molecule has 9 heteroatoms. The first kappa shape index (κ1) is 21.1. The number of nitrogens with one attached hydrogen (secondary N) is 1. The van der Waals surface area contributed by atoms with Gasteiger partial charge < -0.3 is 25.8 Å². The Morgan fingerprint density at radius 2 is 2.10 bits per heavy atom. The van der Waals surface area contributed by atoms with E-state index in [0.29, 0.717) is 24.6 Å². The lowest BCUT2D eigenvalue weighted by atomic mass is 10.1. The third-order valence-electron chi connectivity index (χ3n) is 4.75. The van der Waals surface area contributed by atoms with Gasteiger partial charge in [-0.05, 0) is 31.8 Å². The van der Waals surface area contributed by atoms with E-state index in [2.05, 4.69) is 25.1 Å². The second-order valence-electron chi connectivity index (χ2n) is 7.22. The third kappa shape index (κ3) is 6.16. The molecule has 156 valence electrons. The molecule has 1 aromatic carbocycles. The number of amides is 1. The molecule has 0 spiro atoms. The van der Waals surface area contributed by atoms with Crippen LogP contribution in [-0.4, -0.2) is 80.0 Å². The van der Waals surface area contributed by atoms with Crippen molar-refractivity contribution in [2.24, 2.45) is 10.7 Å². The van der Waals surface area contributed by atoms with Gasteiger partial charge in [0.2, 0.25) is 0 Å². The first-order chi connectivity index (χ1) is 14.0. The van der Waals surface area contributed by atoms with Crippen molar-refractivity contribution in [1.29, 1.82) is 0 Å². The van der Waals surface area contributed by atoms with E-state index >= 15 is 0 Å². The van der Waals surface area contributed by atoms with Crippen LogP contribution in [0.3, 0.4) is 0 Å². The highest BCUT2D eigenvalue weighted by molar-refractivity contribution is 7.13. The first-order valence-corrected chi connectivity index (χ1v) is 10.6. The van der Waals surface area contributed by atoms with E-state index < -0.39 is 0 Å². The molecule has 2 aromatic rings. The van der Waals surface area contributed by atoms with Crippen LogP contribution in [0.4, 0.5) is 5.13 Å². The summed E-state index contributed by atoms with van der Waals surface area (Å²) in [6.45, 7) is 5.29. The van der Waals surface area contributed by atoms with E-state index in [1.807, 2.05) is 54.8 Å². The van der Waals surface area contributed by atoms with Gasteiger partial charge in [0.15, 0.2) is 11.1 Å². The van der Waals surface area contributed by atoms with E-state index in [1.165, 1.54) is 0 Å². The monoisotopic (exact) mass is 415 g/mol. The molecule has 0 aliphatic carbocycles. The van der Waals surface area contributed by atoms with Gasteiger partial charge in [0.05, 0.1) is 6.54 Å². The Hall–Kier alpha value is -2.65. The van der Waals surface area contributed by atoms with Crippen molar-refractivity contribution in [3.63, 3.8) is 0 Å². The van der Waals surface area contributed by atoms with Gasteiger partial charge in [-0.25, -0.2) is 9.98 Å². The predicted octanol–water partition coefficient (Wildman–Crippen LogP) is 1.07. The summed E-state index contributed by atoms with van der Waals surface area (Å²) in [5.74, 6) is 0.480. The third-order valence-corrected chi connectivity index (χ3v) is 5.58. The summed E-state index contributed by atoms with van der Waals surface area (Å²) in [4.78, 5) is 27.6. The van der Waals surface area contributed by atoms with Crippen LogP contribution in [0.1, 0.15) is 15.9 Å². The zero-order chi connectivity index (χ0) is 20.6. The lowest BCUT2D eigenvalue weighted by Gasteiger charge is -2.35. The minimum atomic E-state index is -0.0658. The normalized spacial score (nSPS) is 15.1. The predicted molar refractivity (Wildman–Crippen MR) is 119 cm³/mol. The number of hydrogen-bond acceptors (Lipinski definition) is 6. The van der Waals surface area contributed by atoms with Gasteiger partial charge in [0, 0.05) is 56.4 Å². The molecule has 3 N–H and O–H groups in total. The van der Waals surface area contributed by atoms with Crippen LogP contribution in [0.15, 0.2) is 40.8 Å². The highest BCUT2D eigenvalue weighted by atomic mass is 32.1. The number of nitrogens with zero attached hydrogens (tertiary/aromatic N) is 5. The molecular formula is C20H29N7OS. The van der Waals surface area contributed by atoms with E-state index in [1.54, 1.807) is 11.3 Å². The molecule has 3 rings (SSSR count). The van der Waals surface area contributed by atoms with E-state index in [-0.39, 0.29) is 5.91 Å². The van der Waals surface area contributed by atoms with Crippen LogP contribution in [0.2, 0.25) is 0 Å². The molecule has 1 aliphatic heterocycles. The Morgan fingerprint density at radius 1 is 1.31 bits per heavy atom. The number of likely N-dealkylation sites (N-methyl/N-ethyl adjacent to an activating group) is 1. The summed E-state index contributed by atoms with van der Waals surface area (Å²) in [5.41, 5.74) is 7.83. The van der Waals surface area contributed by atoms with Gasteiger partial charge in [-0.1, -0.05) is 12.1 Å². The maximum atomic E-state index is 12.3. The minimum Gasteiger partial charge on any atom is -0.370 e. The minimum absolute atomic E-state index is 0.0658. The van der Waals surface area contributed by atoms with E-state index in [4.69, 9.17) is 5.73 Å². The molecule has 2 heterocycles. The molecule has 1 amide bonds. The highest BCUT2D eigenvalue weighted by Crippen LogP contribution is 2.18. The Kier molecular flexibility index (Phi) is 7.42. The van der Waals surface area contributed by atoms with Crippen molar-refractivity contribution < 1.29 is 4.79 Å². The summed E-state index contributed by atoms with van der Waals surface area (Å²) in [5, 5.41) is 5.98. The number of aliphatic imine (C=N–C) groups is 1. The van der Waals surface area contributed by atoms with Gasteiger partial charge in [0.1, 0.15) is 0 Å². The standard InChI is InChI=1S/C20H29N7OS/c1-25(2)8-6-22-18(28)17-5-3-4-16(14-17)15-24-19(21)26-9-11-27(12-10-26)20-23-7-13-29-20/h3-5,7,13-14H,6,8-12,15H2,1-2H3,(H2,21,24)(H,22,28). The number of anilines is 1. The average Bonchev–Trinajstić information content (AvgIpc) is 3.27. The SMILES string of the molecule is CN(C)CCNC(=O)c1cccc(CN=C(N)N2CCN(c3nccs3)CC2)c1. The quantitative estimate of drug-likeness (QED) is 0.519. The van der Waals surface area contributed by atoms with Crippen molar-refractivity contribution in [3.8, 4) is 0 Å². The molecule has 1 aliphatic rings. The summed E-state index contributed by atoms with van der Waals surface area (Å²) in [7, 11) is 3.96. The van der Waals surface area contributed by atoms with Crippen LogP contribution < -0.4 is 16.0 Å². The van der Waals surface area contributed by atoms with Gasteiger partial charge in [-0.2, -0.15) is 0 Å². The zero-order valence-electron chi connectivity index (χ0n) is 17.0. The smallest absolute Gasteiger partial charge is 0.251 e. The van der Waals surface area contributed by atoms with Crippen molar-refractivity contribution in [1.82, 2.24) is 20.1 Å². The van der Waals surface area contributed by atoms with E-state index in [0.717, 1.165) is 43.4 Å². The maximum Gasteiger partial charge on any atom is 0.251 e. The lowest BCUT2D eigenvalue weighted by Crippen LogP contribution is -2.51. The molecule has 0 radical (unpaired) electrons. The number of nitrogens with two attached hydrogens (primary N) is 1. The van der Waals surface area contributed by atoms with Crippen LogP contribution >= 0.6 is 11.3 Å². The molecule has 1 fully saturated rings. The second kappa shape index (κ2) is 10.2. The molecule has 0 bridgehead atoms. The Labute approximate surface area is 176 Å². The molecule has 1 saturated heterocycles. The molecule has 29 heavy (non-hydrogen) atoms. The van der Waals surface area contributed by atoms with Crippen molar-refractivity contribution in [2.45, 2.75) is 6.54 Å². The number of guanidine groups is 1. The number of rotatable bonds is 7. The summed E-state index contributed by atoms with van der Waals surface area (Å²) < 4.78 is 0. The van der Waals surface area contributed by atoms with Crippen LogP contribution in [0, 0.1) is 0 Å². The molecule has 8 nitrogen and oxygen atoms in total. The Bertz CT molecular complexity index is 814. The number of piperazine rings is 1. The fourth-order valence-electron chi connectivity index (χ4n) is 3.08. The molecule has 0 atom stereocenters. The van der Waals surface area contributed by atoms with Crippen molar-refractivity contribution >= 4 is 28.3 Å². The van der Waals surface area contributed by atoms with Gasteiger partial charge >= 0.3 is 0 Å². The fourth-order valence-corrected chi connectivity index (χ4v) is 3.77. The zero-order valence-corrected chi connectivity index (χ0v) is 17.9. The summed E-state index contributed by atoms with van der Waals surface area (Å²) in [6, 6.07) is 7.55. The van der Waals surface area contributed by atoms with Crippen molar-refractivity contribution in [3.05, 3.63) is 47.0 Å². The van der Waals surface area contributed by atoms with Crippen LogP contribution in [0.25, 0.3) is 0 Å². The summed E-state index contributed by atoms with van der Waals surface area (Å²) in [6.07, 6.45) is 1.83. The molecule has 0 saturated carbocycles. The van der Waals surface area contributed by atoms with Crippen molar-refractivity contribution in [2.75, 3.05) is 58.3 Å². The number of carbonyl (C=O) groups excluding carboxylic acids is 1. The molecular weight excluding hydrogens is 386 g/mol. The molecule has 0 unspecified atom stereocenters. The number of thiazole rings is 1. The maximum absolute atomic E-state index is 12.3. The summed E-state index contributed by atoms with van der Waals surface area (Å²) >= 11 is 1.66. The fraction of sp³-hybridized carbons (Fsp3) is 0.450. The Morgan fingerprint density at radius 3 is 2.79 bits per heavy atom. The Balaban J connectivity index is 1.51. The van der Waals surface area contributed by atoms with Gasteiger partial charge in [-0.3, -0.25) is 4.79 Å². The van der Waals surface area contributed by atoms with E-state index in [9.17, 15) is 4.79 Å². The number of benzene rings is 1. The second-order valence-corrected chi connectivity index (χ2v) is 8.10. The first-order valence-electron chi connectivity index (χ1n) is 9.74. The number of aromatic nitrogens is 1. The topological polar surface area (TPSA) is 90.1 Å². The highest BCUT2D eigenvalue weighted by Gasteiger charge is 2.19. The largest absolute Gasteiger partial charge is 0.370 e.